The Hall–Kier alpha value is -6.14. The highest BCUT2D eigenvalue weighted by Crippen LogP contribution is 2.23. The summed E-state index contributed by atoms with van der Waals surface area (Å²) < 4.78 is 21.3. The molecule has 3 saturated heterocycles. The van der Waals surface area contributed by atoms with Crippen LogP contribution < -0.4 is 10.3 Å². The number of carbonyl (C=O) groups is 3. The average Bonchev–Trinajstić information content (AvgIpc) is 3.80. The summed E-state index contributed by atoms with van der Waals surface area (Å²) in [5.41, 5.74) is 4.45. The van der Waals surface area contributed by atoms with E-state index in [1.54, 1.807) is 35.5 Å². The van der Waals surface area contributed by atoms with Crippen LogP contribution in [0.4, 0.5) is 4.39 Å². The Morgan fingerprint density at radius 1 is 0.786 bits per heavy atom. The van der Waals surface area contributed by atoms with Crippen molar-refractivity contribution < 1.29 is 23.5 Å². The molecule has 9 rings (SSSR count). The Kier molecular flexibility index (Phi) is 16.2. The van der Waals surface area contributed by atoms with Crippen LogP contribution in [-0.4, -0.2) is 184 Å². The first-order valence-electron chi connectivity index (χ1n) is 25.1. The number of ether oxygens (including phenoxy) is 1. The Labute approximate surface area is 409 Å². The van der Waals surface area contributed by atoms with E-state index in [4.69, 9.17) is 4.74 Å². The van der Waals surface area contributed by atoms with Crippen molar-refractivity contribution >= 4 is 28.5 Å². The van der Waals surface area contributed by atoms with Crippen LogP contribution in [0.15, 0.2) is 84.0 Å². The second-order valence-electron chi connectivity index (χ2n) is 19.5. The Morgan fingerprint density at radius 3 is 2.36 bits per heavy atom. The fourth-order valence-electron chi connectivity index (χ4n) is 10.3. The summed E-state index contributed by atoms with van der Waals surface area (Å²) in [5.74, 6) is 0.763. The maximum Gasteiger partial charge on any atom is 0.272 e. The Bertz CT molecular complexity index is 2640. The molecular weight excluding hydrogens is 890 g/mol. The first kappa shape index (κ1) is 48.9. The molecule has 3 amide bonds. The van der Waals surface area contributed by atoms with E-state index in [1.165, 1.54) is 11.6 Å². The van der Waals surface area contributed by atoms with Gasteiger partial charge in [0.25, 0.3) is 11.5 Å². The average molecular weight is 956 g/mol. The van der Waals surface area contributed by atoms with E-state index < -0.39 is 11.7 Å². The maximum absolute atomic E-state index is 15.1. The molecule has 6 heterocycles. The summed E-state index contributed by atoms with van der Waals surface area (Å²) >= 11 is 0. The first-order valence-corrected chi connectivity index (χ1v) is 25.1. The molecule has 1 N–H and O–H groups in total. The van der Waals surface area contributed by atoms with Gasteiger partial charge in [0.15, 0.2) is 0 Å². The van der Waals surface area contributed by atoms with E-state index in [0.717, 1.165) is 115 Å². The normalized spacial score (nSPS) is 17.5. The topological polar surface area (TPSA) is 155 Å². The minimum absolute atomic E-state index is 0.00384. The van der Waals surface area contributed by atoms with Crippen molar-refractivity contribution in [2.45, 2.75) is 51.6 Å². The lowest BCUT2D eigenvalue weighted by atomic mass is 9.96. The highest BCUT2D eigenvalue weighted by molar-refractivity contribution is 5.95. The van der Waals surface area contributed by atoms with Crippen LogP contribution >= 0.6 is 0 Å². The first-order chi connectivity index (χ1) is 34.1. The summed E-state index contributed by atoms with van der Waals surface area (Å²) in [6, 6.07) is 20.1. The second kappa shape index (κ2) is 23.2. The molecule has 0 bridgehead atoms. The number of carbonyl (C=O) groups excluding carboxylic acids is 3. The van der Waals surface area contributed by atoms with Crippen LogP contribution in [0.5, 0.6) is 5.75 Å². The number of amides is 3. The number of likely N-dealkylation sites (tertiary alicyclic amines) is 1. The van der Waals surface area contributed by atoms with Crippen molar-refractivity contribution in [1.29, 1.82) is 0 Å². The summed E-state index contributed by atoms with van der Waals surface area (Å²) in [6.07, 6.45) is 8.78. The minimum atomic E-state index is -0.589. The summed E-state index contributed by atoms with van der Waals surface area (Å²) in [5, 5.41) is 8.02. The lowest BCUT2D eigenvalue weighted by Crippen LogP contribution is -2.53. The number of aromatic nitrogens is 4. The fraction of sp³-hybridized carbons (Fsp3) is 0.491. The van der Waals surface area contributed by atoms with E-state index >= 15 is 4.39 Å². The lowest BCUT2D eigenvalue weighted by molar-refractivity contribution is -0.134. The van der Waals surface area contributed by atoms with Gasteiger partial charge in [0.1, 0.15) is 24.5 Å². The van der Waals surface area contributed by atoms with Gasteiger partial charge in [0, 0.05) is 116 Å². The number of aryl methyl sites for hydroxylation is 1. The number of unbranched alkanes of at least 4 members (excludes halogenated alkanes) is 1. The second-order valence-corrected chi connectivity index (χ2v) is 19.5. The number of fused-ring (bicyclic) bond motifs is 2. The number of H-pyrrole nitrogens is 1. The van der Waals surface area contributed by atoms with Crippen LogP contribution in [0.25, 0.3) is 10.8 Å². The highest BCUT2D eigenvalue weighted by Gasteiger charge is 2.30. The van der Waals surface area contributed by atoms with Crippen LogP contribution in [0.3, 0.4) is 0 Å². The monoisotopic (exact) mass is 956 g/mol. The zero-order valence-corrected chi connectivity index (χ0v) is 40.4. The molecule has 17 heteroatoms. The molecule has 0 unspecified atom stereocenters. The molecule has 0 aliphatic carbocycles. The van der Waals surface area contributed by atoms with Gasteiger partial charge in [0.2, 0.25) is 11.8 Å². The molecular formula is C53H66FN11O5. The lowest BCUT2D eigenvalue weighted by Gasteiger charge is -2.39. The van der Waals surface area contributed by atoms with Crippen molar-refractivity contribution in [2.75, 3.05) is 112 Å². The number of benzene rings is 3. The molecule has 0 atom stereocenters. The third kappa shape index (κ3) is 12.6. The molecule has 370 valence electrons. The number of hydrogen-bond donors (Lipinski definition) is 1. The number of piperazine rings is 2. The number of piperidine rings is 1. The van der Waals surface area contributed by atoms with E-state index in [0.29, 0.717) is 86.8 Å². The van der Waals surface area contributed by atoms with Crippen LogP contribution in [0, 0.1) is 11.7 Å². The molecule has 4 aliphatic heterocycles. The zero-order valence-electron chi connectivity index (χ0n) is 40.4. The zero-order chi connectivity index (χ0) is 48.4. The Morgan fingerprint density at radius 2 is 1.56 bits per heavy atom. The van der Waals surface area contributed by atoms with E-state index in [-0.39, 0.29) is 22.9 Å². The number of rotatable bonds is 18. The van der Waals surface area contributed by atoms with Crippen molar-refractivity contribution in [2.24, 2.45) is 5.92 Å². The van der Waals surface area contributed by atoms with Crippen molar-refractivity contribution in [3.8, 4) is 5.75 Å². The van der Waals surface area contributed by atoms with E-state index in [9.17, 15) is 19.2 Å². The summed E-state index contributed by atoms with van der Waals surface area (Å²) in [7, 11) is 1.89. The van der Waals surface area contributed by atoms with Gasteiger partial charge in [-0.2, -0.15) is 5.10 Å². The van der Waals surface area contributed by atoms with Gasteiger partial charge in [-0.15, -0.1) is 0 Å². The van der Waals surface area contributed by atoms with Gasteiger partial charge in [-0.25, -0.2) is 19.5 Å². The fourth-order valence-corrected chi connectivity index (χ4v) is 10.3. The number of halogens is 1. The summed E-state index contributed by atoms with van der Waals surface area (Å²) in [6.45, 7) is 13.1. The molecule has 70 heavy (non-hydrogen) atoms. The van der Waals surface area contributed by atoms with E-state index in [1.807, 2.05) is 41.2 Å². The molecule has 16 nitrogen and oxygen atoms in total. The number of aromatic amines is 1. The smallest absolute Gasteiger partial charge is 0.272 e. The van der Waals surface area contributed by atoms with Crippen LogP contribution in [0.1, 0.15) is 64.1 Å². The van der Waals surface area contributed by atoms with Gasteiger partial charge in [-0.1, -0.05) is 36.4 Å². The van der Waals surface area contributed by atoms with Gasteiger partial charge in [-0.05, 0) is 92.6 Å². The third-order valence-electron chi connectivity index (χ3n) is 14.6. The van der Waals surface area contributed by atoms with Crippen molar-refractivity contribution in [3.63, 3.8) is 0 Å². The quantitative estimate of drug-likeness (QED) is 0.127. The molecule has 2 aromatic heterocycles. The molecule has 5 aromatic rings. The number of hydrogen-bond acceptors (Lipinski definition) is 12. The van der Waals surface area contributed by atoms with Crippen LogP contribution in [0.2, 0.25) is 0 Å². The molecule has 3 fully saturated rings. The Balaban J connectivity index is 0.618. The molecule has 4 aliphatic rings. The van der Waals surface area contributed by atoms with E-state index in [2.05, 4.69) is 58.0 Å². The van der Waals surface area contributed by atoms with Crippen LogP contribution in [-0.2, 0) is 35.5 Å². The van der Waals surface area contributed by atoms with Gasteiger partial charge >= 0.3 is 0 Å². The molecule has 3 aromatic carbocycles. The largest absolute Gasteiger partial charge is 0.492 e. The van der Waals surface area contributed by atoms with Gasteiger partial charge < -0.3 is 24.3 Å². The predicted octanol–water partition coefficient (Wildman–Crippen LogP) is 3.93. The SMILES string of the molecule is CN(CCCCc1cccc(OCCN2CCN(CC3CCN(CC(=O)N4CCN(C(=O)c5cc(Cc6n[nH]c(=O)c7ccccc67)ccc5F)CC4)CC3)CC2)c1)C(=O)CN1Cc2cncnc2C1. The molecule has 0 radical (unpaired) electrons. The van der Waals surface area contributed by atoms with Gasteiger partial charge in [-0.3, -0.25) is 33.9 Å². The van der Waals surface area contributed by atoms with Gasteiger partial charge in [0.05, 0.1) is 35.4 Å². The number of likely N-dealkylation sites (N-methyl/N-ethyl adjacent to an activating group) is 1. The standard InChI is InChI=1S/C53H66FN11O5/c1-59(50(66)36-63-34-42-32-55-38-56-49(42)35-63)16-5-4-7-39-8-6-9-43(29-39)70-28-27-60-19-21-62(22-20-60)33-40-14-17-61(18-15-40)37-51(67)64-23-25-65(26-24-64)53(69)46-30-41(12-13-47(46)54)31-48-44-10-2-3-11-45(44)52(68)58-57-48/h2-3,6,8-13,29-30,32,38,40H,4-5,7,14-28,31,33-37H2,1H3,(H,58,68). The third-order valence-corrected chi connectivity index (χ3v) is 14.6. The van der Waals surface area contributed by atoms with Crippen molar-refractivity contribution in [3.05, 3.63) is 129 Å². The maximum atomic E-state index is 15.1. The van der Waals surface area contributed by atoms with Crippen molar-refractivity contribution in [1.82, 2.24) is 54.5 Å². The summed E-state index contributed by atoms with van der Waals surface area (Å²) in [4.78, 5) is 75.3. The number of nitrogens with zero attached hydrogens (tertiary/aromatic N) is 10. The minimum Gasteiger partial charge on any atom is -0.492 e. The highest BCUT2D eigenvalue weighted by atomic mass is 19.1. The molecule has 0 spiro atoms. The predicted molar refractivity (Wildman–Crippen MR) is 265 cm³/mol. The number of nitrogens with one attached hydrogen (secondary N) is 1. The molecule has 0 saturated carbocycles.